The number of carbonyl (C=O) groups excluding carboxylic acids is 1. The van der Waals surface area contributed by atoms with Gasteiger partial charge in [0.25, 0.3) is 5.91 Å². The van der Waals surface area contributed by atoms with Crippen LogP contribution in [-0.2, 0) is 6.54 Å². The lowest BCUT2D eigenvalue weighted by Crippen LogP contribution is -2.27. The van der Waals surface area contributed by atoms with Crippen LogP contribution in [0.15, 0.2) is 41.0 Å². The molecule has 1 heterocycles. The van der Waals surface area contributed by atoms with Crippen LogP contribution >= 0.6 is 0 Å². The van der Waals surface area contributed by atoms with Crippen molar-refractivity contribution in [3.63, 3.8) is 0 Å². The molecule has 0 N–H and O–H groups in total. The third-order valence-corrected chi connectivity index (χ3v) is 2.74. The van der Waals surface area contributed by atoms with Crippen molar-refractivity contribution >= 4 is 5.91 Å². The van der Waals surface area contributed by atoms with Gasteiger partial charge >= 0.3 is 0 Å². The summed E-state index contributed by atoms with van der Waals surface area (Å²) in [6, 6.07) is 8.33. The van der Waals surface area contributed by atoms with Gasteiger partial charge in [-0.2, -0.15) is 0 Å². The van der Waals surface area contributed by atoms with Gasteiger partial charge in [0.05, 0.1) is 18.4 Å². The van der Waals surface area contributed by atoms with Crippen molar-refractivity contribution in [1.82, 2.24) is 4.90 Å². The number of rotatable bonds is 3. The molecule has 0 radical (unpaired) electrons. The van der Waals surface area contributed by atoms with E-state index in [9.17, 15) is 9.18 Å². The molecule has 1 amide bonds. The van der Waals surface area contributed by atoms with Crippen LogP contribution in [0.4, 0.5) is 4.39 Å². The van der Waals surface area contributed by atoms with Crippen LogP contribution < -0.4 is 0 Å². The number of aryl methyl sites for hydroxylation is 1. The Hall–Kier alpha value is -2.10. The molecule has 0 atom stereocenters. The van der Waals surface area contributed by atoms with Gasteiger partial charge in [-0.25, -0.2) is 4.39 Å². The zero-order chi connectivity index (χ0) is 13.1. The van der Waals surface area contributed by atoms with Gasteiger partial charge in [0.15, 0.2) is 0 Å². The highest BCUT2D eigenvalue weighted by Crippen LogP contribution is 2.15. The van der Waals surface area contributed by atoms with E-state index in [1.54, 1.807) is 44.5 Å². The summed E-state index contributed by atoms with van der Waals surface area (Å²) >= 11 is 0. The Bertz CT molecular complexity index is 549. The molecule has 3 nitrogen and oxygen atoms in total. The topological polar surface area (TPSA) is 33.5 Å². The Morgan fingerprint density at radius 3 is 2.78 bits per heavy atom. The zero-order valence-corrected chi connectivity index (χ0v) is 10.3. The third-order valence-electron chi connectivity index (χ3n) is 2.74. The summed E-state index contributed by atoms with van der Waals surface area (Å²) in [6.07, 6.45) is 1.54. The van der Waals surface area contributed by atoms with Gasteiger partial charge < -0.3 is 9.32 Å². The monoisotopic (exact) mass is 247 g/mol. The molecule has 0 fully saturated rings. The first-order valence-electron chi connectivity index (χ1n) is 5.62. The number of carbonyl (C=O) groups is 1. The predicted molar refractivity (Wildman–Crippen MR) is 65.6 cm³/mol. The molecular weight excluding hydrogens is 233 g/mol. The molecular formula is C14H14FNO2. The number of nitrogens with zero attached hydrogens (tertiary/aromatic N) is 1. The summed E-state index contributed by atoms with van der Waals surface area (Å²) in [4.78, 5) is 13.5. The Morgan fingerprint density at radius 1 is 1.33 bits per heavy atom. The van der Waals surface area contributed by atoms with Gasteiger partial charge in [-0.05, 0) is 30.7 Å². The van der Waals surface area contributed by atoms with Gasteiger partial charge in [-0.15, -0.1) is 0 Å². The van der Waals surface area contributed by atoms with E-state index in [2.05, 4.69) is 0 Å². The fraction of sp³-hybridized carbons (Fsp3) is 0.214. The van der Waals surface area contributed by atoms with E-state index in [0.29, 0.717) is 17.9 Å². The minimum Gasteiger partial charge on any atom is -0.467 e. The van der Waals surface area contributed by atoms with Crippen LogP contribution in [0.2, 0.25) is 0 Å². The molecule has 0 unspecified atom stereocenters. The average Bonchev–Trinajstić information content (AvgIpc) is 2.84. The number of furan rings is 1. The maximum atomic E-state index is 13.8. The molecule has 2 aromatic rings. The zero-order valence-electron chi connectivity index (χ0n) is 10.3. The smallest absolute Gasteiger partial charge is 0.256 e. The van der Waals surface area contributed by atoms with Crippen molar-refractivity contribution in [2.75, 3.05) is 7.05 Å². The maximum absolute atomic E-state index is 13.8. The second-order valence-corrected chi connectivity index (χ2v) is 4.18. The van der Waals surface area contributed by atoms with E-state index in [0.717, 1.165) is 0 Å². The van der Waals surface area contributed by atoms with Crippen molar-refractivity contribution in [3.05, 3.63) is 59.3 Å². The maximum Gasteiger partial charge on any atom is 0.256 e. The number of amides is 1. The fourth-order valence-electron chi connectivity index (χ4n) is 1.73. The molecule has 18 heavy (non-hydrogen) atoms. The van der Waals surface area contributed by atoms with Crippen LogP contribution in [0.5, 0.6) is 0 Å². The van der Waals surface area contributed by atoms with Crippen molar-refractivity contribution in [3.8, 4) is 0 Å². The van der Waals surface area contributed by atoms with Gasteiger partial charge in [-0.3, -0.25) is 4.79 Å². The Morgan fingerprint density at radius 2 is 2.11 bits per heavy atom. The molecule has 1 aromatic carbocycles. The SMILES string of the molecule is Cc1cccc(C(=O)N(C)Cc2ccco2)c1F. The fourth-order valence-corrected chi connectivity index (χ4v) is 1.73. The van der Waals surface area contributed by atoms with Crippen LogP contribution in [0.3, 0.4) is 0 Å². The molecule has 0 saturated heterocycles. The Labute approximate surface area is 105 Å². The van der Waals surface area contributed by atoms with E-state index < -0.39 is 5.82 Å². The minimum atomic E-state index is -0.464. The lowest BCUT2D eigenvalue weighted by molar-refractivity contribution is 0.0770. The van der Waals surface area contributed by atoms with Gasteiger partial charge in [0, 0.05) is 7.05 Å². The van der Waals surface area contributed by atoms with Gasteiger partial charge in [0.2, 0.25) is 0 Å². The highest BCUT2D eigenvalue weighted by Gasteiger charge is 2.17. The number of benzene rings is 1. The molecule has 0 aliphatic carbocycles. The van der Waals surface area contributed by atoms with Crippen LogP contribution in [0.25, 0.3) is 0 Å². The second-order valence-electron chi connectivity index (χ2n) is 4.18. The number of halogens is 1. The molecule has 0 spiro atoms. The van der Waals surface area contributed by atoms with Gasteiger partial charge in [0.1, 0.15) is 11.6 Å². The van der Waals surface area contributed by atoms with Crippen molar-refractivity contribution in [2.24, 2.45) is 0 Å². The molecule has 0 aliphatic rings. The van der Waals surface area contributed by atoms with Gasteiger partial charge in [-0.1, -0.05) is 12.1 Å². The van der Waals surface area contributed by atoms with Crippen LogP contribution in [-0.4, -0.2) is 17.9 Å². The first-order chi connectivity index (χ1) is 8.59. The van der Waals surface area contributed by atoms with E-state index in [-0.39, 0.29) is 11.5 Å². The van der Waals surface area contributed by atoms with Crippen LogP contribution in [0.1, 0.15) is 21.7 Å². The summed E-state index contributed by atoms with van der Waals surface area (Å²) in [6.45, 7) is 1.96. The molecule has 1 aromatic heterocycles. The Balaban J connectivity index is 2.18. The largest absolute Gasteiger partial charge is 0.467 e. The van der Waals surface area contributed by atoms with Crippen molar-refractivity contribution in [2.45, 2.75) is 13.5 Å². The minimum absolute atomic E-state index is 0.0871. The lowest BCUT2D eigenvalue weighted by Gasteiger charge is -2.16. The van der Waals surface area contributed by atoms with E-state index in [1.165, 1.54) is 11.0 Å². The summed E-state index contributed by atoms with van der Waals surface area (Å²) in [5.41, 5.74) is 0.552. The van der Waals surface area contributed by atoms with Crippen molar-refractivity contribution < 1.29 is 13.6 Å². The summed E-state index contributed by atoms with van der Waals surface area (Å²) in [5, 5.41) is 0. The highest BCUT2D eigenvalue weighted by molar-refractivity contribution is 5.94. The van der Waals surface area contributed by atoms with E-state index in [1.807, 2.05) is 0 Å². The summed E-state index contributed by atoms with van der Waals surface area (Å²) < 4.78 is 19.0. The summed E-state index contributed by atoms with van der Waals surface area (Å²) in [5.74, 6) is -0.152. The molecule has 0 saturated carbocycles. The van der Waals surface area contributed by atoms with E-state index in [4.69, 9.17) is 4.42 Å². The quantitative estimate of drug-likeness (QED) is 0.835. The number of hydrogen-bond donors (Lipinski definition) is 0. The average molecular weight is 247 g/mol. The van der Waals surface area contributed by atoms with E-state index >= 15 is 0 Å². The standard InChI is InChI=1S/C14H14FNO2/c1-10-5-3-7-12(13(10)15)14(17)16(2)9-11-6-4-8-18-11/h3-8H,9H2,1-2H3. The molecule has 94 valence electrons. The first-order valence-corrected chi connectivity index (χ1v) is 5.62. The van der Waals surface area contributed by atoms with Crippen LogP contribution in [0, 0.1) is 12.7 Å². The third kappa shape index (κ3) is 2.42. The second kappa shape index (κ2) is 5.04. The lowest BCUT2D eigenvalue weighted by atomic mass is 10.1. The summed E-state index contributed by atoms with van der Waals surface area (Å²) in [7, 11) is 1.62. The number of hydrogen-bond acceptors (Lipinski definition) is 2. The normalized spacial score (nSPS) is 10.4. The molecule has 4 heteroatoms. The first kappa shape index (κ1) is 12.4. The molecule has 2 rings (SSSR count). The predicted octanol–water partition coefficient (Wildman–Crippen LogP) is 3.00. The molecule has 0 aliphatic heterocycles. The van der Waals surface area contributed by atoms with Crippen molar-refractivity contribution in [1.29, 1.82) is 0 Å². The Kier molecular flexibility index (Phi) is 3.46. The highest BCUT2D eigenvalue weighted by atomic mass is 19.1. The molecule has 0 bridgehead atoms.